The number of benzene rings is 2. The Labute approximate surface area is 127 Å². The van der Waals surface area contributed by atoms with Gasteiger partial charge in [-0.25, -0.2) is 0 Å². The molecular formula is C16H16N2O4. The molecule has 3 N–H and O–H groups in total. The number of hydrogen-bond acceptors (Lipinski definition) is 5. The Morgan fingerprint density at radius 2 is 1.91 bits per heavy atom. The maximum atomic E-state index is 12.4. The Morgan fingerprint density at radius 1 is 1.14 bits per heavy atom. The van der Waals surface area contributed by atoms with Crippen LogP contribution >= 0.6 is 0 Å². The predicted molar refractivity (Wildman–Crippen MR) is 82.8 cm³/mol. The molecule has 0 aromatic heterocycles. The van der Waals surface area contributed by atoms with E-state index >= 15 is 0 Å². The van der Waals surface area contributed by atoms with Crippen molar-refractivity contribution in [3.8, 4) is 17.2 Å². The molecule has 0 bridgehead atoms. The largest absolute Gasteiger partial charge is 0.495 e. The molecule has 1 aliphatic rings. The number of carbonyl (C=O) groups is 1. The number of carbonyl (C=O) groups excluding carboxylic acids is 1. The van der Waals surface area contributed by atoms with Crippen LogP contribution in [0, 0.1) is 0 Å². The number of nitrogens with two attached hydrogens (primary N) is 1. The van der Waals surface area contributed by atoms with Crippen LogP contribution in [0.2, 0.25) is 0 Å². The molecule has 1 aliphatic heterocycles. The zero-order valence-electron chi connectivity index (χ0n) is 12.1. The third kappa shape index (κ3) is 2.76. The van der Waals surface area contributed by atoms with Gasteiger partial charge in [0.1, 0.15) is 19.0 Å². The molecule has 2 aromatic carbocycles. The molecule has 6 heteroatoms. The Hall–Kier alpha value is -2.89. The summed E-state index contributed by atoms with van der Waals surface area (Å²) >= 11 is 0. The van der Waals surface area contributed by atoms with Crippen molar-refractivity contribution in [2.24, 2.45) is 0 Å². The van der Waals surface area contributed by atoms with Gasteiger partial charge in [-0.1, -0.05) is 0 Å². The third-order valence-electron chi connectivity index (χ3n) is 3.28. The van der Waals surface area contributed by atoms with E-state index in [2.05, 4.69) is 5.32 Å². The van der Waals surface area contributed by atoms with Gasteiger partial charge in [-0.2, -0.15) is 0 Å². The lowest BCUT2D eigenvalue weighted by atomic mass is 10.1. The van der Waals surface area contributed by atoms with Gasteiger partial charge >= 0.3 is 0 Å². The minimum atomic E-state index is -0.277. The van der Waals surface area contributed by atoms with E-state index in [0.717, 1.165) is 0 Å². The van der Waals surface area contributed by atoms with E-state index in [1.165, 1.54) is 7.11 Å². The van der Waals surface area contributed by atoms with Crippen molar-refractivity contribution in [3.05, 3.63) is 42.0 Å². The molecule has 2 aromatic rings. The molecule has 1 amide bonds. The van der Waals surface area contributed by atoms with Crippen LogP contribution < -0.4 is 25.3 Å². The van der Waals surface area contributed by atoms with Gasteiger partial charge in [0.15, 0.2) is 11.5 Å². The molecule has 0 fully saturated rings. The highest BCUT2D eigenvalue weighted by atomic mass is 16.6. The van der Waals surface area contributed by atoms with Crippen LogP contribution in [-0.2, 0) is 0 Å². The maximum Gasteiger partial charge on any atom is 0.255 e. The highest BCUT2D eigenvalue weighted by Gasteiger charge is 2.16. The third-order valence-corrected chi connectivity index (χ3v) is 3.28. The first-order chi connectivity index (χ1) is 10.7. The van der Waals surface area contributed by atoms with E-state index < -0.39 is 0 Å². The second kappa shape index (κ2) is 5.85. The van der Waals surface area contributed by atoms with Gasteiger partial charge < -0.3 is 25.3 Å². The smallest absolute Gasteiger partial charge is 0.255 e. The first kappa shape index (κ1) is 14.1. The molecule has 22 heavy (non-hydrogen) atoms. The number of ether oxygens (including phenoxy) is 3. The number of methoxy groups -OCH3 is 1. The van der Waals surface area contributed by atoms with Gasteiger partial charge in [0.2, 0.25) is 0 Å². The fourth-order valence-corrected chi connectivity index (χ4v) is 2.20. The molecule has 0 radical (unpaired) electrons. The molecule has 1 heterocycles. The van der Waals surface area contributed by atoms with E-state index in [4.69, 9.17) is 19.9 Å². The van der Waals surface area contributed by atoms with E-state index in [0.29, 0.717) is 47.4 Å². The number of fused-ring (bicyclic) bond motifs is 1. The van der Waals surface area contributed by atoms with Gasteiger partial charge in [-0.3, -0.25) is 4.79 Å². The van der Waals surface area contributed by atoms with Crippen LogP contribution in [0.25, 0.3) is 0 Å². The van der Waals surface area contributed by atoms with Crippen LogP contribution in [0.15, 0.2) is 36.4 Å². The van der Waals surface area contributed by atoms with E-state index in [-0.39, 0.29) is 5.91 Å². The van der Waals surface area contributed by atoms with Crippen LogP contribution in [0.4, 0.5) is 11.4 Å². The SMILES string of the molecule is COc1ccc(N)cc1NC(=O)c1ccc2c(c1)OCCO2. The highest BCUT2D eigenvalue weighted by molar-refractivity contribution is 6.05. The number of nitrogen functional groups attached to an aromatic ring is 1. The normalized spacial score (nSPS) is 12.6. The highest BCUT2D eigenvalue weighted by Crippen LogP contribution is 2.32. The van der Waals surface area contributed by atoms with Crippen LogP contribution in [0.3, 0.4) is 0 Å². The van der Waals surface area contributed by atoms with Gasteiger partial charge in [0.25, 0.3) is 5.91 Å². The summed E-state index contributed by atoms with van der Waals surface area (Å²) in [6.45, 7) is 0.986. The predicted octanol–water partition coefficient (Wildman–Crippen LogP) is 2.30. The molecule has 3 rings (SSSR count). The van der Waals surface area contributed by atoms with Crippen LogP contribution in [-0.4, -0.2) is 26.2 Å². The van der Waals surface area contributed by atoms with Crippen molar-refractivity contribution in [1.29, 1.82) is 0 Å². The molecular weight excluding hydrogens is 284 g/mol. The van der Waals surface area contributed by atoms with Crippen molar-refractivity contribution in [3.63, 3.8) is 0 Å². The van der Waals surface area contributed by atoms with E-state index in [1.54, 1.807) is 36.4 Å². The number of rotatable bonds is 3. The molecule has 0 spiro atoms. The monoisotopic (exact) mass is 300 g/mol. The molecule has 0 unspecified atom stereocenters. The second-order valence-corrected chi connectivity index (χ2v) is 4.77. The Kier molecular flexibility index (Phi) is 3.74. The number of amides is 1. The lowest BCUT2D eigenvalue weighted by Crippen LogP contribution is -2.17. The summed E-state index contributed by atoms with van der Waals surface area (Å²) in [6.07, 6.45) is 0. The van der Waals surface area contributed by atoms with Gasteiger partial charge in [-0.15, -0.1) is 0 Å². The Bertz CT molecular complexity index is 715. The minimum Gasteiger partial charge on any atom is -0.495 e. The molecule has 0 aliphatic carbocycles. The van der Waals surface area contributed by atoms with Crippen molar-refractivity contribution in [1.82, 2.24) is 0 Å². The van der Waals surface area contributed by atoms with Crippen molar-refractivity contribution >= 4 is 17.3 Å². The molecule has 0 saturated carbocycles. The van der Waals surface area contributed by atoms with Gasteiger partial charge in [0, 0.05) is 11.3 Å². The zero-order chi connectivity index (χ0) is 15.5. The Balaban J connectivity index is 1.84. The minimum absolute atomic E-state index is 0.277. The summed E-state index contributed by atoms with van der Waals surface area (Å²) in [5, 5.41) is 2.79. The Morgan fingerprint density at radius 3 is 2.68 bits per heavy atom. The standard InChI is InChI=1S/C16H16N2O4/c1-20-13-5-3-11(17)9-12(13)18-16(19)10-2-4-14-15(8-10)22-7-6-21-14/h2-5,8-9H,6-7,17H2,1H3,(H,18,19). The summed E-state index contributed by atoms with van der Waals surface area (Å²) in [7, 11) is 1.53. The zero-order valence-corrected chi connectivity index (χ0v) is 12.1. The van der Waals surface area contributed by atoms with Crippen molar-refractivity contribution in [2.75, 3.05) is 31.4 Å². The fraction of sp³-hybridized carbons (Fsp3) is 0.188. The number of anilines is 2. The first-order valence-electron chi connectivity index (χ1n) is 6.82. The number of nitrogens with one attached hydrogen (secondary N) is 1. The average molecular weight is 300 g/mol. The fourth-order valence-electron chi connectivity index (χ4n) is 2.20. The van der Waals surface area contributed by atoms with E-state index in [9.17, 15) is 4.79 Å². The van der Waals surface area contributed by atoms with Crippen LogP contribution in [0.5, 0.6) is 17.2 Å². The molecule has 0 saturated heterocycles. The molecule has 114 valence electrons. The lowest BCUT2D eigenvalue weighted by Gasteiger charge is -2.18. The van der Waals surface area contributed by atoms with Gasteiger partial charge in [-0.05, 0) is 36.4 Å². The van der Waals surface area contributed by atoms with Crippen molar-refractivity contribution < 1.29 is 19.0 Å². The second-order valence-electron chi connectivity index (χ2n) is 4.77. The summed E-state index contributed by atoms with van der Waals surface area (Å²) in [6, 6.07) is 10.1. The summed E-state index contributed by atoms with van der Waals surface area (Å²) in [5.74, 6) is 1.48. The summed E-state index contributed by atoms with van der Waals surface area (Å²) < 4.78 is 16.1. The quantitative estimate of drug-likeness (QED) is 0.850. The van der Waals surface area contributed by atoms with Crippen molar-refractivity contribution in [2.45, 2.75) is 0 Å². The average Bonchev–Trinajstić information content (AvgIpc) is 2.54. The van der Waals surface area contributed by atoms with Gasteiger partial charge in [0.05, 0.1) is 12.8 Å². The van der Waals surface area contributed by atoms with E-state index in [1.807, 2.05) is 0 Å². The molecule has 6 nitrogen and oxygen atoms in total. The lowest BCUT2D eigenvalue weighted by molar-refractivity contribution is 0.102. The molecule has 0 atom stereocenters. The summed E-state index contributed by atoms with van der Waals surface area (Å²) in [5.41, 5.74) is 7.27. The number of hydrogen-bond donors (Lipinski definition) is 2. The maximum absolute atomic E-state index is 12.4. The topological polar surface area (TPSA) is 82.8 Å². The first-order valence-corrected chi connectivity index (χ1v) is 6.82. The van der Waals surface area contributed by atoms with Crippen LogP contribution in [0.1, 0.15) is 10.4 Å². The summed E-state index contributed by atoms with van der Waals surface area (Å²) in [4.78, 5) is 12.4.